The van der Waals surface area contributed by atoms with Crippen LogP contribution < -0.4 is 9.47 Å². The van der Waals surface area contributed by atoms with Crippen molar-refractivity contribution in [3.63, 3.8) is 0 Å². The normalized spacial score (nSPS) is 27.7. The minimum atomic E-state index is -1.66. The molecule has 8 rings (SSSR count). The Hall–Kier alpha value is -5.35. The van der Waals surface area contributed by atoms with E-state index in [2.05, 4.69) is 0 Å². The van der Waals surface area contributed by atoms with Crippen molar-refractivity contribution in [2.45, 2.75) is 35.7 Å². The van der Waals surface area contributed by atoms with Gasteiger partial charge >= 0.3 is 0 Å². The molecule has 3 aliphatic heterocycles. The monoisotopic (exact) mass is 580 g/mol. The van der Waals surface area contributed by atoms with Gasteiger partial charge in [-0.25, -0.2) is 0 Å². The number of aromatic hydroxyl groups is 6. The van der Waals surface area contributed by atoms with E-state index in [1.807, 2.05) is 0 Å². The van der Waals surface area contributed by atoms with Crippen molar-refractivity contribution in [2.24, 2.45) is 0 Å². The highest BCUT2D eigenvalue weighted by molar-refractivity contribution is 5.96. The van der Waals surface area contributed by atoms with Crippen LogP contribution in [-0.2, 0) is 15.3 Å². The van der Waals surface area contributed by atoms with Crippen LogP contribution in [0.3, 0.4) is 0 Å². The van der Waals surface area contributed by atoms with Crippen molar-refractivity contribution in [1.29, 1.82) is 0 Å². The van der Waals surface area contributed by atoms with Gasteiger partial charge in [0.1, 0.15) is 46.0 Å². The van der Waals surface area contributed by atoms with E-state index in [0.29, 0.717) is 22.4 Å². The third-order valence-electron chi connectivity index (χ3n) is 8.92. The third-order valence-corrected chi connectivity index (χ3v) is 8.92. The molecule has 6 N–H and O–H groups in total. The summed E-state index contributed by atoms with van der Waals surface area (Å²) in [5.74, 6) is -3.98. The number of ketones is 1. The fraction of sp³-hybridized carbons (Fsp3) is 0.182. The molecule has 43 heavy (non-hydrogen) atoms. The number of phenols is 6. The van der Waals surface area contributed by atoms with Crippen LogP contribution in [0.1, 0.15) is 46.1 Å². The van der Waals surface area contributed by atoms with Crippen molar-refractivity contribution in [1.82, 2.24) is 0 Å². The lowest BCUT2D eigenvalue weighted by Crippen LogP contribution is -2.56. The van der Waals surface area contributed by atoms with Gasteiger partial charge in [0, 0.05) is 47.2 Å². The van der Waals surface area contributed by atoms with Gasteiger partial charge in [-0.05, 0) is 48.0 Å². The van der Waals surface area contributed by atoms with Gasteiger partial charge in [0.05, 0.1) is 11.5 Å². The molecule has 1 aliphatic carbocycles. The summed E-state index contributed by atoms with van der Waals surface area (Å²) in [6, 6.07) is 16.0. The lowest BCUT2D eigenvalue weighted by atomic mass is 9.59. The van der Waals surface area contributed by atoms with Gasteiger partial charge in [0.2, 0.25) is 0 Å². The Balaban J connectivity index is 1.32. The van der Waals surface area contributed by atoms with E-state index in [-0.39, 0.29) is 63.6 Å². The maximum atomic E-state index is 14.2. The number of Topliss-reactive ketones (excluding diaryl/α,β-unsaturated/α-hetero) is 1. The average Bonchev–Trinajstić information content (AvgIpc) is 3.63. The zero-order chi connectivity index (χ0) is 29.8. The fourth-order valence-electron chi connectivity index (χ4n) is 7.09. The number of fused-ring (bicyclic) bond motifs is 6. The zero-order valence-electron chi connectivity index (χ0n) is 22.3. The Morgan fingerprint density at radius 1 is 0.744 bits per heavy atom. The molecule has 1 saturated heterocycles. The van der Waals surface area contributed by atoms with Gasteiger partial charge < -0.3 is 44.8 Å². The van der Waals surface area contributed by atoms with Crippen LogP contribution in [0.2, 0.25) is 0 Å². The SMILES string of the molecule is O=C1[C@@H]2c3c(O)cc(C=Cc4ccc(O)cc4O)cc3O[C@]3(c4ccc(O)cc4O)O[C@]23[C@H]2C[C@H]1Oc1cc(O)ccc12. The lowest BCUT2D eigenvalue weighted by Gasteiger charge is -2.46. The van der Waals surface area contributed by atoms with Crippen LogP contribution in [0.4, 0.5) is 0 Å². The fourth-order valence-corrected chi connectivity index (χ4v) is 7.09. The lowest BCUT2D eigenvalue weighted by molar-refractivity contribution is -0.135. The van der Waals surface area contributed by atoms with Gasteiger partial charge in [0.25, 0.3) is 5.79 Å². The van der Waals surface area contributed by atoms with E-state index < -0.39 is 29.3 Å². The summed E-state index contributed by atoms with van der Waals surface area (Å²) in [6.07, 6.45) is 2.59. The standard InChI is InChI=1S/C33H24O10/c34-17-4-3-16(23(37)11-17)2-1-15-9-25(39)29-27(10-15)42-33(21-8-6-18(35)12-24(21)38)32(43-33)22-14-28(31(40)30(29)32)41-26-13-19(36)5-7-20(22)26/h1-13,22,28,30,34-39H,14H2/t22-,28+,30-,32+,33+/m0/s1. The number of carbonyl (C=O) groups excluding carboxylic acids is 1. The molecule has 0 aromatic heterocycles. The largest absolute Gasteiger partial charge is 0.508 e. The highest BCUT2D eigenvalue weighted by Gasteiger charge is 2.86. The number of epoxide rings is 1. The number of rotatable bonds is 3. The molecule has 5 atom stereocenters. The summed E-state index contributed by atoms with van der Waals surface area (Å²) in [7, 11) is 0. The van der Waals surface area contributed by atoms with Crippen LogP contribution in [0.25, 0.3) is 12.2 Å². The van der Waals surface area contributed by atoms with E-state index >= 15 is 0 Å². The molecule has 4 aromatic carbocycles. The van der Waals surface area contributed by atoms with Crippen LogP contribution >= 0.6 is 0 Å². The van der Waals surface area contributed by atoms with Crippen molar-refractivity contribution in [3.8, 4) is 46.0 Å². The van der Waals surface area contributed by atoms with E-state index in [0.717, 1.165) is 6.07 Å². The summed E-state index contributed by atoms with van der Waals surface area (Å²) < 4.78 is 19.2. The molecular weight excluding hydrogens is 556 g/mol. The molecule has 4 aromatic rings. The third kappa shape index (κ3) is 3.35. The maximum Gasteiger partial charge on any atom is 0.272 e. The molecular formula is C33H24O10. The van der Waals surface area contributed by atoms with Crippen molar-refractivity contribution >= 4 is 17.9 Å². The van der Waals surface area contributed by atoms with Crippen molar-refractivity contribution in [3.05, 3.63) is 94.5 Å². The van der Waals surface area contributed by atoms with Crippen molar-refractivity contribution < 1.29 is 49.6 Å². The summed E-state index contributed by atoms with van der Waals surface area (Å²) in [5, 5.41) is 62.3. The molecule has 0 amide bonds. The average molecular weight is 581 g/mol. The highest BCUT2D eigenvalue weighted by Crippen LogP contribution is 2.76. The molecule has 1 saturated carbocycles. The number of phenolic OH excluding ortho intramolecular Hbond substituents is 6. The molecule has 10 nitrogen and oxygen atoms in total. The van der Waals surface area contributed by atoms with E-state index in [1.54, 1.807) is 24.3 Å². The molecule has 3 heterocycles. The Morgan fingerprint density at radius 2 is 1.47 bits per heavy atom. The predicted octanol–water partition coefficient (Wildman–Crippen LogP) is 4.71. The van der Waals surface area contributed by atoms with Gasteiger partial charge in [0.15, 0.2) is 17.5 Å². The summed E-state index contributed by atoms with van der Waals surface area (Å²) in [5.41, 5.74) is 0.622. The van der Waals surface area contributed by atoms with E-state index in [9.17, 15) is 35.4 Å². The molecule has 2 fully saturated rings. The van der Waals surface area contributed by atoms with Gasteiger partial charge in [-0.2, -0.15) is 0 Å². The Kier molecular flexibility index (Phi) is 4.93. The number of hydrogen-bond acceptors (Lipinski definition) is 10. The first-order valence-corrected chi connectivity index (χ1v) is 13.6. The molecule has 2 bridgehead atoms. The molecule has 216 valence electrons. The van der Waals surface area contributed by atoms with Crippen LogP contribution in [0.5, 0.6) is 46.0 Å². The molecule has 10 heteroatoms. The highest BCUT2D eigenvalue weighted by atomic mass is 16.8. The Morgan fingerprint density at radius 3 is 2.23 bits per heavy atom. The number of carbonyl (C=O) groups is 1. The number of ether oxygens (including phenoxy) is 3. The molecule has 4 aliphatic rings. The second kappa shape index (κ2) is 8.36. The van der Waals surface area contributed by atoms with Crippen LogP contribution in [0.15, 0.2) is 66.7 Å². The summed E-state index contributed by atoms with van der Waals surface area (Å²) >= 11 is 0. The van der Waals surface area contributed by atoms with E-state index in [4.69, 9.17) is 14.2 Å². The first kappa shape index (κ1) is 25.4. The smallest absolute Gasteiger partial charge is 0.272 e. The summed E-state index contributed by atoms with van der Waals surface area (Å²) in [6.45, 7) is 0. The first-order chi connectivity index (χ1) is 20.6. The predicted molar refractivity (Wildman–Crippen MR) is 150 cm³/mol. The van der Waals surface area contributed by atoms with Crippen LogP contribution in [0, 0.1) is 0 Å². The van der Waals surface area contributed by atoms with Gasteiger partial charge in [-0.1, -0.05) is 18.2 Å². The number of benzene rings is 4. The van der Waals surface area contributed by atoms with E-state index in [1.165, 1.54) is 48.5 Å². The topological polar surface area (TPSA) is 169 Å². The maximum absolute atomic E-state index is 14.2. The van der Waals surface area contributed by atoms with Crippen LogP contribution in [-0.4, -0.2) is 48.1 Å². The second-order valence-corrected chi connectivity index (χ2v) is 11.3. The first-order valence-electron chi connectivity index (χ1n) is 13.6. The Labute approximate surface area is 243 Å². The second-order valence-electron chi connectivity index (χ2n) is 11.3. The molecule has 0 radical (unpaired) electrons. The van der Waals surface area contributed by atoms with Gasteiger partial charge in [-0.15, -0.1) is 0 Å². The quantitative estimate of drug-likeness (QED) is 0.147. The van der Waals surface area contributed by atoms with Crippen molar-refractivity contribution in [2.75, 3.05) is 0 Å². The minimum absolute atomic E-state index is 0.0246. The molecule has 0 unspecified atom stereocenters. The van der Waals surface area contributed by atoms with Gasteiger partial charge in [-0.3, -0.25) is 4.79 Å². The minimum Gasteiger partial charge on any atom is -0.508 e. The number of hydrogen-bond donors (Lipinski definition) is 6. The summed E-state index contributed by atoms with van der Waals surface area (Å²) in [4.78, 5) is 14.2. The zero-order valence-corrected chi connectivity index (χ0v) is 22.3. The Bertz CT molecular complexity index is 1910. The molecule has 1 spiro atoms.